The average molecular weight is 1420 g/mol. The first-order valence-electron chi connectivity index (χ1n) is 29.6. The Kier molecular flexibility index (Phi) is 28.2. The van der Waals surface area contributed by atoms with Crippen LogP contribution in [0.2, 0.25) is 0 Å². The van der Waals surface area contributed by atoms with E-state index in [0.29, 0.717) is 84.1 Å². The van der Waals surface area contributed by atoms with Crippen molar-refractivity contribution in [1.29, 1.82) is 0 Å². The summed E-state index contributed by atoms with van der Waals surface area (Å²) in [4.78, 5) is 94.6. The van der Waals surface area contributed by atoms with Gasteiger partial charge in [0, 0.05) is 61.5 Å². The van der Waals surface area contributed by atoms with Gasteiger partial charge in [-0.05, 0) is 209 Å². The van der Waals surface area contributed by atoms with Crippen LogP contribution < -0.4 is 67.4 Å². The van der Waals surface area contributed by atoms with Crippen molar-refractivity contribution in [3.05, 3.63) is 130 Å². The number of carbonyl (C=O) groups is 8. The number of carbonyl (C=O) groups excluding carboxylic acids is 8. The van der Waals surface area contributed by atoms with Gasteiger partial charge in [0.05, 0.1) is 11.1 Å². The molecule has 10 atom stereocenters. The molecular formula is C66H82Cl2N4O14Pt. The first kappa shape index (κ1) is 73.3. The van der Waals surface area contributed by atoms with Crippen LogP contribution in [0.25, 0.3) is 0 Å². The molecule has 8 unspecified atom stereocenters. The van der Waals surface area contributed by atoms with E-state index in [2.05, 4.69) is 36.6 Å². The Morgan fingerprint density at radius 3 is 1.24 bits per heavy atom. The number of esters is 4. The fraction of sp³-hybridized carbons (Fsp3) is 0.515. The summed E-state index contributed by atoms with van der Waals surface area (Å²) in [5, 5.41) is 26.2. The average Bonchev–Trinajstić information content (AvgIpc) is 1.80. The van der Waals surface area contributed by atoms with Crippen LogP contribution in [0.3, 0.4) is 0 Å². The second-order valence-corrected chi connectivity index (χ2v) is 23.9. The van der Waals surface area contributed by atoms with Gasteiger partial charge in [-0.15, -0.1) is 0 Å². The van der Waals surface area contributed by atoms with E-state index in [4.69, 9.17) is 18.9 Å². The summed E-state index contributed by atoms with van der Waals surface area (Å²) in [6.07, 6.45) is 12.2. The van der Waals surface area contributed by atoms with E-state index in [9.17, 15) is 48.6 Å². The molecule has 0 saturated heterocycles. The minimum Gasteiger partial charge on any atom is -1.00 e. The van der Waals surface area contributed by atoms with Crippen molar-refractivity contribution >= 4 is 47.6 Å². The number of aliphatic carboxylic acids is 2. The van der Waals surface area contributed by atoms with Gasteiger partial charge in [-0.25, -0.2) is 9.59 Å². The number of aryl methyl sites for hydroxylation is 2. The summed E-state index contributed by atoms with van der Waals surface area (Å²) in [5.41, 5.74) is 6.24. The zero-order valence-electron chi connectivity index (χ0n) is 49.6. The second kappa shape index (κ2) is 33.4. The second-order valence-electron chi connectivity index (χ2n) is 23.9. The van der Waals surface area contributed by atoms with Crippen molar-refractivity contribution in [1.82, 2.24) is 22.9 Å². The van der Waals surface area contributed by atoms with Crippen molar-refractivity contribution in [2.24, 2.45) is 34.5 Å². The Bertz CT molecular complexity index is 2810. The number of carboxylic acids is 2. The van der Waals surface area contributed by atoms with E-state index in [-0.39, 0.29) is 155 Å². The Balaban J connectivity index is 0.000000352. The van der Waals surface area contributed by atoms with Crippen molar-refractivity contribution in [2.75, 3.05) is 13.1 Å². The normalized spacial score (nSPS) is 24.7. The molecule has 4 aromatic carbocycles. The maximum absolute atomic E-state index is 12.7. The van der Waals surface area contributed by atoms with E-state index >= 15 is 0 Å². The zero-order chi connectivity index (χ0) is 58.0. The van der Waals surface area contributed by atoms with E-state index in [1.54, 1.807) is 24.3 Å². The third-order valence-electron chi connectivity index (χ3n) is 19.1. The molecule has 0 aliphatic heterocycles. The number of hydrogen-bond acceptors (Lipinski definition) is 16. The van der Waals surface area contributed by atoms with Gasteiger partial charge < -0.3 is 86.5 Å². The van der Waals surface area contributed by atoms with Gasteiger partial charge in [0.1, 0.15) is 23.7 Å². The molecule has 0 spiro atoms. The maximum atomic E-state index is 12.7. The summed E-state index contributed by atoms with van der Waals surface area (Å²) in [5.74, 6) is -0.245. The number of nitrogens with one attached hydrogen (secondary N) is 2. The molecule has 4 aromatic rings. The smallest absolute Gasteiger partial charge is 1.00 e. The Hall–Kier alpha value is -6.17. The molecule has 18 nitrogen and oxygen atoms in total. The van der Waals surface area contributed by atoms with Crippen LogP contribution in [0.4, 0.5) is 0 Å². The minimum absolute atomic E-state index is 0. The number of amides is 2. The standard InChI is InChI=1S/2C33H39NO7.2ClH.2H3N.Pt/c2*1-33-18-17-25-24-12-10-23(40-32(39)21-6-3-2-4-7-21)20-22(24)9-11-26(25)27(33)13-14-28(33)41-31(38)8-5-19-34-29(35)15-16-30(36)37;;;;;/h2*2-4,6-7,10,12,20,25-28H,5,8-9,11,13-19H2,1H3,(H,34,35)(H,36,37);2*1H;2*1H3;/q;;;;;;+4/p-4/t2*25?,26?,27?,28?,33-;;;;;/m11...../s1. The summed E-state index contributed by atoms with van der Waals surface area (Å²) in [6.45, 7) is 5.19. The molecular weight excluding hydrogens is 1340 g/mol. The molecule has 10 rings (SSSR count). The minimum atomic E-state index is -1.26. The fourth-order valence-corrected chi connectivity index (χ4v) is 15.0. The summed E-state index contributed by atoms with van der Waals surface area (Å²) in [7, 11) is 0. The third-order valence-corrected chi connectivity index (χ3v) is 19.1. The molecule has 21 heteroatoms. The molecule has 0 heterocycles. The molecule has 474 valence electrons. The predicted molar refractivity (Wildman–Crippen MR) is 308 cm³/mol. The van der Waals surface area contributed by atoms with Crippen LogP contribution in [0.5, 0.6) is 11.5 Å². The van der Waals surface area contributed by atoms with E-state index in [0.717, 1.165) is 77.0 Å². The van der Waals surface area contributed by atoms with Crippen LogP contribution in [-0.4, -0.2) is 72.9 Å². The first-order valence-corrected chi connectivity index (χ1v) is 29.6. The number of rotatable bonds is 20. The SMILES string of the molecule is C[C@@]12CCC3c4ccc(OC(=O)c5ccccc5)cc4CCC3C1CCC2OC(=O)CCCNC(=O)CCC(=O)[O-].C[C@@]12CCC3c4ccc(OC(=O)c5ccccc5)cc4CCC3C1CCC2OC(=O)CCCNC(=O)CCC(=O)[O-].N.N.[Cl-].[Cl-].[Pt+4]. The van der Waals surface area contributed by atoms with Gasteiger partial charge in [0.15, 0.2) is 0 Å². The molecule has 8 N–H and O–H groups in total. The molecule has 0 aromatic heterocycles. The molecule has 2 amide bonds. The van der Waals surface area contributed by atoms with Crippen LogP contribution >= 0.6 is 0 Å². The quantitative estimate of drug-likeness (QED) is 0.0561. The molecule has 0 radical (unpaired) electrons. The number of ether oxygens (including phenoxy) is 4. The van der Waals surface area contributed by atoms with Crippen LogP contribution in [0.1, 0.15) is 184 Å². The van der Waals surface area contributed by atoms with Crippen molar-refractivity contribution in [3.63, 3.8) is 0 Å². The van der Waals surface area contributed by atoms with Crippen LogP contribution in [0, 0.1) is 34.5 Å². The Labute approximate surface area is 536 Å². The van der Waals surface area contributed by atoms with Crippen molar-refractivity contribution in [2.45, 2.75) is 166 Å². The maximum Gasteiger partial charge on any atom is 4.00 e. The molecule has 6 aliphatic carbocycles. The van der Waals surface area contributed by atoms with Gasteiger partial charge in [-0.3, -0.25) is 19.2 Å². The summed E-state index contributed by atoms with van der Waals surface area (Å²) >= 11 is 0. The molecule has 4 saturated carbocycles. The van der Waals surface area contributed by atoms with Gasteiger partial charge in [-0.1, -0.05) is 62.4 Å². The predicted octanol–water partition coefficient (Wildman–Crippen LogP) is 2.53. The van der Waals surface area contributed by atoms with E-state index < -0.39 is 11.9 Å². The van der Waals surface area contributed by atoms with Gasteiger partial charge in [0.25, 0.3) is 0 Å². The topological polar surface area (TPSA) is 314 Å². The van der Waals surface area contributed by atoms with Gasteiger partial charge in [0.2, 0.25) is 11.8 Å². The van der Waals surface area contributed by atoms with Crippen molar-refractivity contribution < 1.29 is 113 Å². The number of hydrogen-bond donors (Lipinski definition) is 4. The molecule has 87 heavy (non-hydrogen) atoms. The fourth-order valence-electron chi connectivity index (χ4n) is 15.0. The first-order chi connectivity index (χ1) is 39.5. The number of carboxylic acid groups (broad SMARTS) is 2. The Morgan fingerprint density at radius 1 is 0.494 bits per heavy atom. The van der Waals surface area contributed by atoms with Crippen LogP contribution in [0.15, 0.2) is 97.1 Å². The van der Waals surface area contributed by atoms with Gasteiger partial charge in [-0.2, -0.15) is 0 Å². The summed E-state index contributed by atoms with van der Waals surface area (Å²) < 4.78 is 23.4. The third kappa shape index (κ3) is 18.0. The van der Waals surface area contributed by atoms with E-state index in [1.807, 2.05) is 60.7 Å². The Morgan fingerprint density at radius 2 is 0.874 bits per heavy atom. The van der Waals surface area contributed by atoms with Crippen molar-refractivity contribution in [3.8, 4) is 11.5 Å². The van der Waals surface area contributed by atoms with Crippen LogP contribution in [-0.2, 0) is 72.1 Å². The molecule has 6 aliphatic rings. The van der Waals surface area contributed by atoms with E-state index in [1.165, 1.54) is 22.3 Å². The molecule has 4 fully saturated rings. The number of halogens is 2. The van der Waals surface area contributed by atoms with Gasteiger partial charge >= 0.3 is 44.9 Å². The number of fused-ring (bicyclic) bond motifs is 10. The largest absolute Gasteiger partial charge is 4.00 e. The summed E-state index contributed by atoms with van der Waals surface area (Å²) in [6, 6.07) is 30.2. The number of benzene rings is 4. The molecule has 0 bridgehead atoms. The monoisotopic (exact) mass is 1420 g/mol. The zero-order valence-corrected chi connectivity index (χ0v) is 53.4.